The summed E-state index contributed by atoms with van der Waals surface area (Å²) in [6.07, 6.45) is 2.26. The van der Waals surface area contributed by atoms with E-state index < -0.39 is 0 Å². The topological polar surface area (TPSA) is 41.1 Å². The van der Waals surface area contributed by atoms with E-state index in [0.29, 0.717) is 0 Å². The highest BCUT2D eigenvalue weighted by molar-refractivity contribution is 5.87. The third-order valence-electron chi connectivity index (χ3n) is 2.75. The molecule has 1 heterocycles. The second-order valence-corrected chi connectivity index (χ2v) is 5.20. The highest BCUT2D eigenvalue weighted by Gasteiger charge is 2.44. The van der Waals surface area contributed by atoms with Crippen LogP contribution in [0.3, 0.4) is 0 Å². The molecule has 2 N–H and O–H groups in total. The molecule has 1 amide bonds. The zero-order valence-electron chi connectivity index (χ0n) is 9.48. The third kappa shape index (κ3) is 2.35. The molecule has 14 heavy (non-hydrogen) atoms. The summed E-state index contributed by atoms with van der Waals surface area (Å²) < 4.78 is 0. The Kier molecular flexibility index (Phi) is 2.72. The molecule has 0 spiro atoms. The molecule has 3 heteroatoms. The first kappa shape index (κ1) is 11.2. The van der Waals surface area contributed by atoms with Gasteiger partial charge >= 0.3 is 0 Å². The number of rotatable bonds is 2. The molecule has 0 radical (unpaired) electrons. The number of carbonyl (C=O) groups is 1. The molecular weight excluding hydrogens is 176 g/mol. The van der Waals surface area contributed by atoms with Crippen LogP contribution in [0.15, 0.2) is 12.7 Å². The highest BCUT2D eigenvalue weighted by atomic mass is 16.1. The number of hydrogen-bond acceptors (Lipinski definition) is 2. The third-order valence-corrected chi connectivity index (χ3v) is 2.75. The van der Waals surface area contributed by atoms with Gasteiger partial charge in [-0.3, -0.25) is 4.79 Å². The summed E-state index contributed by atoms with van der Waals surface area (Å²) in [5, 5.41) is 6.45. The molecule has 1 aliphatic heterocycles. The fourth-order valence-corrected chi connectivity index (χ4v) is 2.24. The Labute approximate surface area is 86.0 Å². The lowest BCUT2D eigenvalue weighted by molar-refractivity contribution is -0.117. The van der Waals surface area contributed by atoms with Crippen LogP contribution in [-0.4, -0.2) is 23.0 Å². The van der Waals surface area contributed by atoms with Gasteiger partial charge in [-0.2, -0.15) is 0 Å². The average molecular weight is 196 g/mol. The van der Waals surface area contributed by atoms with Crippen LogP contribution < -0.4 is 10.6 Å². The summed E-state index contributed by atoms with van der Waals surface area (Å²) >= 11 is 0. The minimum Gasteiger partial charge on any atom is -0.348 e. The van der Waals surface area contributed by atoms with E-state index in [9.17, 15) is 4.79 Å². The minimum atomic E-state index is -0.0948. The first-order valence-electron chi connectivity index (χ1n) is 4.99. The molecule has 0 aromatic heterocycles. The predicted molar refractivity (Wildman–Crippen MR) is 58.0 cm³/mol. The summed E-state index contributed by atoms with van der Waals surface area (Å²) in [6.45, 7) is 12.0. The van der Waals surface area contributed by atoms with Gasteiger partial charge in [0, 0.05) is 17.1 Å². The fraction of sp³-hybridized carbons (Fsp3) is 0.727. The van der Waals surface area contributed by atoms with Crippen LogP contribution in [-0.2, 0) is 4.79 Å². The number of amides is 1. The Morgan fingerprint density at radius 3 is 2.43 bits per heavy atom. The summed E-state index contributed by atoms with van der Waals surface area (Å²) in [4.78, 5) is 11.2. The van der Waals surface area contributed by atoms with Crippen molar-refractivity contribution in [2.45, 2.75) is 51.2 Å². The van der Waals surface area contributed by atoms with Crippen molar-refractivity contribution in [1.29, 1.82) is 0 Å². The van der Waals surface area contributed by atoms with Crippen LogP contribution in [0.5, 0.6) is 0 Å². The summed E-state index contributed by atoms with van der Waals surface area (Å²) in [5.41, 5.74) is 0.0325. The van der Waals surface area contributed by atoms with Gasteiger partial charge in [0.2, 0.25) is 5.91 Å². The van der Waals surface area contributed by atoms with Gasteiger partial charge in [-0.1, -0.05) is 6.58 Å². The van der Waals surface area contributed by atoms with Crippen molar-refractivity contribution < 1.29 is 4.79 Å². The van der Waals surface area contributed by atoms with E-state index in [1.54, 1.807) is 0 Å². The molecule has 1 atom stereocenters. The maximum atomic E-state index is 11.2. The Morgan fingerprint density at radius 2 is 2.07 bits per heavy atom. The van der Waals surface area contributed by atoms with E-state index in [1.807, 2.05) is 0 Å². The normalized spacial score (nSPS) is 28.4. The van der Waals surface area contributed by atoms with Crippen molar-refractivity contribution in [2.75, 3.05) is 0 Å². The molecule has 1 unspecified atom stereocenters. The first-order chi connectivity index (χ1) is 6.27. The Hall–Kier alpha value is -0.830. The molecule has 0 aromatic carbocycles. The molecule has 1 fully saturated rings. The van der Waals surface area contributed by atoms with Gasteiger partial charge in [-0.25, -0.2) is 0 Å². The molecule has 3 nitrogen and oxygen atoms in total. The van der Waals surface area contributed by atoms with Crippen LogP contribution in [0.1, 0.15) is 34.1 Å². The highest BCUT2D eigenvalue weighted by Crippen LogP contribution is 2.30. The number of hydrogen-bond donors (Lipinski definition) is 2. The van der Waals surface area contributed by atoms with Crippen LogP contribution in [0, 0.1) is 0 Å². The maximum Gasteiger partial charge on any atom is 0.243 e. The van der Waals surface area contributed by atoms with Crippen molar-refractivity contribution in [3.63, 3.8) is 0 Å². The number of nitrogens with one attached hydrogen (secondary N) is 2. The van der Waals surface area contributed by atoms with Crippen molar-refractivity contribution in [3.8, 4) is 0 Å². The van der Waals surface area contributed by atoms with Crippen molar-refractivity contribution >= 4 is 5.91 Å². The van der Waals surface area contributed by atoms with E-state index in [1.165, 1.54) is 6.08 Å². The van der Waals surface area contributed by atoms with Crippen molar-refractivity contribution in [2.24, 2.45) is 0 Å². The Morgan fingerprint density at radius 1 is 1.50 bits per heavy atom. The quantitative estimate of drug-likeness (QED) is 0.652. The van der Waals surface area contributed by atoms with Crippen LogP contribution >= 0.6 is 0 Å². The molecule has 0 saturated carbocycles. The van der Waals surface area contributed by atoms with Crippen LogP contribution in [0.4, 0.5) is 0 Å². The molecular formula is C11H20N2O. The van der Waals surface area contributed by atoms with Crippen LogP contribution in [0.2, 0.25) is 0 Å². The monoisotopic (exact) mass is 196 g/mol. The van der Waals surface area contributed by atoms with Crippen molar-refractivity contribution in [1.82, 2.24) is 10.6 Å². The van der Waals surface area contributed by atoms with E-state index >= 15 is 0 Å². The average Bonchev–Trinajstić information content (AvgIpc) is 2.19. The van der Waals surface area contributed by atoms with E-state index in [2.05, 4.69) is 44.9 Å². The molecule has 0 aromatic rings. The van der Waals surface area contributed by atoms with Gasteiger partial charge < -0.3 is 10.6 Å². The fourth-order valence-electron chi connectivity index (χ4n) is 2.24. The lowest BCUT2D eigenvalue weighted by Gasteiger charge is -2.28. The second-order valence-electron chi connectivity index (χ2n) is 5.20. The molecule has 1 saturated heterocycles. The van der Waals surface area contributed by atoms with Gasteiger partial charge in [-0.15, -0.1) is 0 Å². The number of carbonyl (C=O) groups excluding carboxylic acids is 1. The Balaban J connectivity index is 2.70. The summed E-state index contributed by atoms with van der Waals surface area (Å²) in [5.74, 6) is -0.0948. The standard InChI is InChI=1S/C11H20N2O/c1-6-9(14)12-8-7-10(2,3)13-11(8,4)5/h6,8,13H,1,7H2,2-5H3,(H,12,14). The van der Waals surface area contributed by atoms with Gasteiger partial charge in [0.15, 0.2) is 0 Å². The summed E-state index contributed by atoms with van der Waals surface area (Å²) in [7, 11) is 0. The molecule has 1 aliphatic rings. The van der Waals surface area contributed by atoms with Crippen molar-refractivity contribution in [3.05, 3.63) is 12.7 Å². The molecule has 1 rings (SSSR count). The van der Waals surface area contributed by atoms with E-state index in [0.717, 1.165) is 6.42 Å². The lowest BCUT2D eigenvalue weighted by atomic mass is 9.94. The SMILES string of the molecule is C=CC(=O)NC1CC(C)(C)NC1(C)C. The first-order valence-corrected chi connectivity index (χ1v) is 4.99. The van der Waals surface area contributed by atoms with Gasteiger partial charge in [0.1, 0.15) is 0 Å². The predicted octanol–water partition coefficient (Wildman–Crippen LogP) is 1.21. The maximum absolute atomic E-state index is 11.2. The molecule has 0 aliphatic carbocycles. The molecule has 0 bridgehead atoms. The second kappa shape index (κ2) is 3.39. The minimum absolute atomic E-state index is 0.0534. The van der Waals surface area contributed by atoms with Gasteiger partial charge in [-0.05, 0) is 40.2 Å². The van der Waals surface area contributed by atoms with E-state index in [-0.39, 0.29) is 23.0 Å². The van der Waals surface area contributed by atoms with Gasteiger partial charge in [0.25, 0.3) is 0 Å². The summed E-state index contributed by atoms with van der Waals surface area (Å²) in [6, 6.07) is 0.169. The Bertz CT molecular complexity index is 256. The zero-order chi connectivity index (χ0) is 11.0. The largest absolute Gasteiger partial charge is 0.348 e. The van der Waals surface area contributed by atoms with E-state index in [4.69, 9.17) is 0 Å². The zero-order valence-corrected chi connectivity index (χ0v) is 9.48. The van der Waals surface area contributed by atoms with Gasteiger partial charge in [0.05, 0.1) is 0 Å². The lowest BCUT2D eigenvalue weighted by Crippen LogP contribution is -2.51. The molecule has 80 valence electrons. The van der Waals surface area contributed by atoms with Crippen LogP contribution in [0.25, 0.3) is 0 Å². The smallest absolute Gasteiger partial charge is 0.243 e.